The number of nitrogens with one attached hydrogen (secondary N) is 1. The molecule has 13 heavy (non-hydrogen) atoms. The number of ether oxygens (including phenoxy) is 2. The highest BCUT2D eigenvalue weighted by molar-refractivity contribution is 4.83. The molecule has 1 saturated heterocycles. The minimum absolute atomic E-state index is 0.295. The van der Waals surface area contributed by atoms with E-state index in [4.69, 9.17) is 9.47 Å². The Bertz CT molecular complexity index is 178. The van der Waals surface area contributed by atoms with Crippen molar-refractivity contribution in [1.29, 1.82) is 0 Å². The van der Waals surface area contributed by atoms with Crippen molar-refractivity contribution in [2.45, 2.75) is 6.10 Å². The third-order valence-corrected chi connectivity index (χ3v) is 2.37. The Hall–Kier alpha value is -0.740. The van der Waals surface area contributed by atoms with Crippen LogP contribution in [0, 0.1) is 0 Å². The van der Waals surface area contributed by atoms with E-state index in [0.29, 0.717) is 6.10 Å². The molecule has 1 atom stereocenters. The Balaban J connectivity index is 1.72. The molecule has 0 aliphatic carbocycles. The van der Waals surface area contributed by atoms with Crippen molar-refractivity contribution in [2.75, 3.05) is 39.4 Å². The van der Waals surface area contributed by atoms with Crippen LogP contribution in [0.15, 0.2) is 12.5 Å². The zero-order valence-corrected chi connectivity index (χ0v) is 7.74. The topological polar surface area (TPSA) is 33.7 Å². The van der Waals surface area contributed by atoms with Crippen molar-refractivity contribution >= 4 is 0 Å². The molecule has 74 valence electrons. The van der Waals surface area contributed by atoms with Crippen LogP contribution in [-0.4, -0.2) is 50.4 Å². The predicted molar refractivity (Wildman–Crippen MR) is 49.3 cm³/mol. The Morgan fingerprint density at radius 1 is 1.38 bits per heavy atom. The molecule has 0 amide bonds. The summed E-state index contributed by atoms with van der Waals surface area (Å²) in [5.74, 6) is 0. The molecule has 2 aliphatic heterocycles. The fourth-order valence-electron chi connectivity index (χ4n) is 1.63. The third-order valence-electron chi connectivity index (χ3n) is 2.37. The maximum atomic E-state index is 5.46. The molecule has 0 bridgehead atoms. The van der Waals surface area contributed by atoms with Gasteiger partial charge in [-0.05, 0) is 0 Å². The number of rotatable bonds is 2. The van der Waals surface area contributed by atoms with Crippen molar-refractivity contribution in [1.82, 2.24) is 10.2 Å². The zero-order chi connectivity index (χ0) is 8.93. The van der Waals surface area contributed by atoms with Gasteiger partial charge in [0.25, 0.3) is 0 Å². The highest BCUT2D eigenvalue weighted by atomic mass is 16.5. The lowest BCUT2D eigenvalue weighted by Gasteiger charge is -2.31. The smallest absolute Gasteiger partial charge is 0.128 e. The van der Waals surface area contributed by atoms with Gasteiger partial charge < -0.3 is 14.8 Å². The first-order valence-electron chi connectivity index (χ1n) is 4.79. The summed E-state index contributed by atoms with van der Waals surface area (Å²) < 4.78 is 10.7. The number of nitrogens with zero attached hydrogens (tertiary/aromatic N) is 1. The summed E-state index contributed by atoms with van der Waals surface area (Å²) in [4.78, 5) is 2.38. The average molecular weight is 184 g/mol. The normalized spacial score (nSPS) is 29.4. The van der Waals surface area contributed by atoms with Gasteiger partial charge in [-0.15, -0.1) is 0 Å². The van der Waals surface area contributed by atoms with Gasteiger partial charge in [0.2, 0.25) is 0 Å². The van der Waals surface area contributed by atoms with Gasteiger partial charge in [0.15, 0.2) is 0 Å². The zero-order valence-electron chi connectivity index (χ0n) is 7.74. The second kappa shape index (κ2) is 4.48. The first-order valence-corrected chi connectivity index (χ1v) is 4.79. The SMILES string of the molecule is C1=COC(CN2CCOCC2)CN1. The van der Waals surface area contributed by atoms with E-state index >= 15 is 0 Å². The van der Waals surface area contributed by atoms with Gasteiger partial charge in [-0.25, -0.2) is 0 Å². The minimum Gasteiger partial charge on any atom is -0.493 e. The summed E-state index contributed by atoms with van der Waals surface area (Å²) >= 11 is 0. The Morgan fingerprint density at radius 3 is 2.92 bits per heavy atom. The molecule has 1 N–H and O–H groups in total. The molecule has 1 fully saturated rings. The minimum atomic E-state index is 0.295. The molecule has 0 spiro atoms. The highest BCUT2D eigenvalue weighted by Gasteiger charge is 2.17. The summed E-state index contributed by atoms with van der Waals surface area (Å²) in [7, 11) is 0. The number of hydrogen-bond donors (Lipinski definition) is 1. The van der Waals surface area contributed by atoms with E-state index in [9.17, 15) is 0 Å². The Labute approximate surface area is 78.5 Å². The van der Waals surface area contributed by atoms with Crippen LogP contribution in [0.5, 0.6) is 0 Å². The fraction of sp³-hybridized carbons (Fsp3) is 0.778. The van der Waals surface area contributed by atoms with E-state index in [0.717, 1.165) is 39.4 Å². The van der Waals surface area contributed by atoms with Crippen LogP contribution in [0.3, 0.4) is 0 Å². The summed E-state index contributed by atoms with van der Waals surface area (Å²) in [5, 5.41) is 3.16. The lowest BCUT2D eigenvalue weighted by molar-refractivity contribution is 0.00960. The largest absolute Gasteiger partial charge is 0.493 e. The molecule has 0 aromatic carbocycles. The highest BCUT2D eigenvalue weighted by Crippen LogP contribution is 2.03. The maximum absolute atomic E-state index is 5.46. The quantitative estimate of drug-likeness (QED) is 0.643. The van der Waals surface area contributed by atoms with E-state index < -0.39 is 0 Å². The summed E-state index contributed by atoms with van der Waals surface area (Å²) in [6.07, 6.45) is 3.87. The molecule has 4 nitrogen and oxygen atoms in total. The summed E-state index contributed by atoms with van der Waals surface area (Å²) in [5.41, 5.74) is 0. The molecule has 0 aromatic rings. The van der Waals surface area contributed by atoms with Gasteiger partial charge in [0, 0.05) is 25.8 Å². The van der Waals surface area contributed by atoms with Gasteiger partial charge in [-0.3, -0.25) is 4.90 Å². The van der Waals surface area contributed by atoms with Crippen LogP contribution in [0.1, 0.15) is 0 Å². The number of hydrogen-bond acceptors (Lipinski definition) is 4. The van der Waals surface area contributed by atoms with Crippen molar-refractivity contribution < 1.29 is 9.47 Å². The first kappa shape index (κ1) is 8.84. The van der Waals surface area contributed by atoms with Crippen LogP contribution in [0.4, 0.5) is 0 Å². The summed E-state index contributed by atoms with van der Waals surface area (Å²) in [6, 6.07) is 0. The van der Waals surface area contributed by atoms with E-state index in [-0.39, 0.29) is 0 Å². The Morgan fingerprint density at radius 2 is 2.23 bits per heavy atom. The van der Waals surface area contributed by atoms with Crippen molar-refractivity contribution in [3.63, 3.8) is 0 Å². The van der Waals surface area contributed by atoms with Crippen LogP contribution in [-0.2, 0) is 9.47 Å². The fourth-order valence-corrected chi connectivity index (χ4v) is 1.63. The van der Waals surface area contributed by atoms with Gasteiger partial charge in [-0.2, -0.15) is 0 Å². The van der Waals surface area contributed by atoms with E-state index in [1.54, 1.807) is 6.26 Å². The molecule has 4 heteroatoms. The van der Waals surface area contributed by atoms with Crippen LogP contribution < -0.4 is 5.32 Å². The molecular formula is C9H16N2O2. The van der Waals surface area contributed by atoms with Gasteiger partial charge in [0.1, 0.15) is 6.10 Å². The van der Waals surface area contributed by atoms with Gasteiger partial charge in [-0.1, -0.05) is 0 Å². The molecule has 0 saturated carbocycles. The van der Waals surface area contributed by atoms with Gasteiger partial charge in [0.05, 0.1) is 26.0 Å². The number of morpholine rings is 1. The molecule has 1 unspecified atom stereocenters. The third kappa shape index (κ3) is 2.60. The summed E-state index contributed by atoms with van der Waals surface area (Å²) in [6.45, 7) is 5.69. The molecule has 0 aromatic heterocycles. The second-order valence-electron chi connectivity index (χ2n) is 3.38. The Kier molecular flexibility index (Phi) is 3.05. The van der Waals surface area contributed by atoms with Crippen molar-refractivity contribution in [3.8, 4) is 0 Å². The van der Waals surface area contributed by atoms with Gasteiger partial charge >= 0.3 is 0 Å². The second-order valence-corrected chi connectivity index (χ2v) is 3.38. The molecular weight excluding hydrogens is 168 g/mol. The van der Waals surface area contributed by atoms with E-state index in [1.165, 1.54) is 0 Å². The van der Waals surface area contributed by atoms with Crippen LogP contribution >= 0.6 is 0 Å². The standard InChI is InChI=1S/C9H16N2O2/c1-4-13-9(7-10-1)8-11-2-5-12-6-3-11/h1,4,9-10H,2-3,5-8H2. The molecule has 2 heterocycles. The van der Waals surface area contributed by atoms with Crippen molar-refractivity contribution in [3.05, 3.63) is 12.5 Å². The molecule has 2 rings (SSSR count). The first-order chi connectivity index (χ1) is 6.45. The lowest BCUT2D eigenvalue weighted by atomic mass is 10.3. The molecule has 2 aliphatic rings. The van der Waals surface area contributed by atoms with Crippen LogP contribution in [0.25, 0.3) is 0 Å². The monoisotopic (exact) mass is 184 g/mol. The average Bonchev–Trinajstić information content (AvgIpc) is 2.21. The van der Waals surface area contributed by atoms with Crippen molar-refractivity contribution in [2.24, 2.45) is 0 Å². The van der Waals surface area contributed by atoms with E-state index in [1.807, 2.05) is 6.20 Å². The molecule has 0 radical (unpaired) electrons. The van der Waals surface area contributed by atoms with Crippen LogP contribution in [0.2, 0.25) is 0 Å². The predicted octanol–water partition coefficient (Wildman–Crippen LogP) is -0.222. The maximum Gasteiger partial charge on any atom is 0.128 e. The lowest BCUT2D eigenvalue weighted by Crippen LogP contribution is -2.44. The van der Waals surface area contributed by atoms with E-state index in [2.05, 4.69) is 10.2 Å².